The Bertz CT molecular complexity index is 601. The van der Waals surface area contributed by atoms with Crippen molar-refractivity contribution in [3.8, 4) is 0 Å². The summed E-state index contributed by atoms with van der Waals surface area (Å²) in [7, 11) is 0. The van der Waals surface area contributed by atoms with Crippen molar-refractivity contribution in [3.05, 3.63) is 40.8 Å². The Morgan fingerprint density at radius 1 is 1.39 bits per heavy atom. The van der Waals surface area contributed by atoms with Gasteiger partial charge in [0.15, 0.2) is 0 Å². The molecule has 2 aromatic heterocycles. The van der Waals surface area contributed by atoms with E-state index in [0.717, 1.165) is 45.6 Å². The number of hydrogen-bond donors (Lipinski definition) is 0. The lowest BCUT2D eigenvalue weighted by molar-refractivity contribution is -0.0904. The minimum Gasteiger partial charge on any atom is -0.377 e. The summed E-state index contributed by atoms with van der Waals surface area (Å²) < 4.78 is 14.3. The Morgan fingerprint density at radius 3 is 3.22 bits per heavy atom. The lowest BCUT2D eigenvalue weighted by Crippen LogP contribution is -2.44. The quantitative estimate of drug-likeness (QED) is 0.861. The Labute approximate surface area is 140 Å². The van der Waals surface area contributed by atoms with Gasteiger partial charge in [0.2, 0.25) is 0 Å². The molecule has 0 aromatic carbocycles. The molecule has 0 saturated carbocycles. The molecular weight excluding hydrogens is 310 g/mol. The fourth-order valence-corrected chi connectivity index (χ4v) is 4.35. The maximum Gasteiger partial charge on any atom is 0.105 e. The van der Waals surface area contributed by atoms with Crippen molar-refractivity contribution in [1.82, 2.24) is 14.7 Å². The first-order chi connectivity index (χ1) is 11.3. The number of nitrogens with zero attached hydrogens (tertiary/aromatic N) is 3. The standard InChI is InChI=1S/C17H23N3O2S/c1-3-16(23-10-1)12-19-8-9-21-14-17(13-19)5-4-15(22-17)11-20-7-2-6-18-20/h1-3,6-7,10,15H,4-5,8-9,11-14H2/t15-,17-/m1/s1. The Kier molecular flexibility index (Phi) is 4.48. The third kappa shape index (κ3) is 3.66. The van der Waals surface area contributed by atoms with E-state index in [9.17, 15) is 0 Å². The minimum absolute atomic E-state index is 0.147. The summed E-state index contributed by atoms with van der Waals surface area (Å²) >= 11 is 1.82. The smallest absolute Gasteiger partial charge is 0.105 e. The molecule has 2 saturated heterocycles. The SMILES string of the molecule is c1csc(CN2CCOC[C@@]3(CC[C@H](Cn4cccn4)O3)C2)c1. The molecule has 4 rings (SSSR count). The topological polar surface area (TPSA) is 39.5 Å². The molecule has 2 atom stereocenters. The number of aromatic nitrogens is 2. The van der Waals surface area contributed by atoms with Crippen LogP contribution in [0.1, 0.15) is 17.7 Å². The zero-order chi connectivity index (χ0) is 15.5. The molecule has 0 radical (unpaired) electrons. The molecule has 4 heterocycles. The summed E-state index contributed by atoms with van der Waals surface area (Å²) in [5, 5.41) is 6.44. The first-order valence-electron chi connectivity index (χ1n) is 8.29. The predicted octanol–water partition coefficient (Wildman–Crippen LogP) is 2.39. The van der Waals surface area contributed by atoms with Crippen LogP contribution in [0.4, 0.5) is 0 Å². The van der Waals surface area contributed by atoms with Gasteiger partial charge in [0.1, 0.15) is 5.60 Å². The van der Waals surface area contributed by atoms with Crippen LogP contribution in [0.3, 0.4) is 0 Å². The van der Waals surface area contributed by atoms with E-state index in [1.54, 1.807) is 0 Å². The van der Waals surface area contributed by atoms with E-state index < -0.39 is 0 Å². The van der Waals surface area contributed by atoms with E-state index in [2.05, 4.69) is 27.5 Å². The highest BCUT2D eigenvalue weighted by Gasteiger charge is 2.43. The molecule has 23 heavy (non-hydrogen) atoms. The van der Waals surface area contributed by atoms with Crippen molar-refractivity contribution < 1.29 is 9.47 Å². The third-order valence-corrected chi connectivity index (χ3v) is 5.54. The molecule has 0 aliphatic carbocycles. The first-order valence-corrected chi connectivity index (χ1v) is 9.17. The van der Waals surface area contributed by atoms with E-state index >= 15 is 0 Å². The van der Waals surface area contributed by atoms with Gasteiger partial charge in [0, 0.05) is 36.9 Å². The van der Waals surface area contributed by atoms with E-state index in [-0.39, 0.29) is 11.7 Å². The number of rotatable bonds is 4. The van der Waals surface area contributed by atoms with Gasteiger partial charge < -0.3 is 9.47 Å². The lowest BCUT2D eigenvalue weighted by Gasteiger charge is -2.31. The molecule has 2 aliphatic rings. The Morgan fingerprint density at radius 2 is 2.39 bits per heavy atom. The fraction of sp³-hybridized carbons (Fsp3) is 0.588. The second-order valence-corrected chi connectivity index (χ2v) is 7.56. The highest BCUT2D eigenvalue weighted by molar-refractivity contribution is 7.09. The van der Waals surface area contributed by atoms with E-state index in [0.29, 0.717) is 6.61 Å². The van der Waals surface area contributed by atoms with Gasteiger partial charge >= 0.3 is 0 Å². The molecule has 124 valence electrons. The van der Waals surface area contributed by atoms with E-state index in [1.165, 1.54) is 4.88 Å². The van der Waals surface area contributed by atoms with Crippen molar-refractivity contribution in [3.63, 3.8) is 0 Å². The summed E-state index contributed by atoms with van der Waals surface area (Å²) in [6.45, 7) is 5.27. The zero-order valence-corrected chi connectivity index (χ0v) is 14.1. The van der Waals surface area contributed by atoms with Gasteiger partial charge in [-0.15, -0.1) is 11.3 Å². The van der Waals surface area contributed by atoms with Crippen LogP contribution in [0, 0.1) is 0 Å². The van der Waals surface area contributed by atoms with Gasteiger partial charge in [0.05, 0.1) is 25.9 Å². The van der Waals surface area contributed by atoms with E-state index in [1.807, 2.05) is 34.5 Å². The normalized spacial score (nSPS) is 29.1. The summed E-state index contributed by atoms with van der Waals surface area (Å²) in [5.74, 6) is 0. The largest absolute Gasteiger partial charge is 0.377 e. The van der Waals surface area contributed by atoms with Crippen LogP contribution >= 0.6 is 11.3 Å². The van der Waals surface area contributed by atoms with Gasteiger partial charge in [-0.3, -0.25) is 9.58 Å². The van der Waals surface area contributed by atoms with Gasteiger partial charge in [-0.25, -0.2) is 0 Å². The lowest BCUT2D eigenvalue weighted by atomic mass is 10.00. The molecule has 0 unspecified atom stereocenters. The van der Waals surface area contributed by atoms with Crippen LogP contribution in [-0.2, 0) is 22.6 Å². The summed E-state index contributed by atoms with van der Waals surface area (Å²) in [4.78, 5) is 3.89. The molecule has 0 amide bonds. The Hall–Kier alpha value is -1.21. The maximum atomic E-state index is 6.47. The predicted molar refractivity (Wildman–Crippen MR) is 89.5 cm³/mol. The van der Waals surface area contributed by atoms with Crippen molar-refractivity contribution in [1.29, 1.82) is 0 Å². The second kappa shape index (κ2) is 6.73. The third-order valence-electron chi connectivity index (χ3n) is 4.68. The molecular formula is C17H23N3O2S. The molecule has 1 spiro atoms. The molecule has 6 heteroatoms. The van der Waals surface area contributed by atoms with Crippen LogP contribution in [0.2, 0.25) is 0 Å². The van der Waals surface area contributed by atoms with E-state index in [4.69, 9.17) is 9.47 Å². The highest BCUT2D eigenvalue weighted by atomic mass is 32.1. The summed E-state index contributed by atoms with van der Waals surface area (Å²) in [5.41, 5.74) is -0.147. The van der Waals surface area contributed by atoms with Gasteiger partial charge in [-0.2, -0.15) is 5.10 Å². The van der Waals surface area contributed by atoms with Crippen LogP contribution in [0.15, 0.2) is 36.0 Å². The van der Waals surface area contributed by atoms with Gasteiger partial charge in [-0.1, -0.05) is 6.07 Å². The van der Waals surface area contributed by atoms with Gasteiger partial charge in [-0.05, 0) is 30.4 Å². The van der Waals surface area contributed by atoms with Crippen molar-refractivity contribution in [2.24, 2.45) is 0 Å². The average molecular weight is 333 g/mol. The van der Waals surface area contributed by atoms with Crippen LogP contribution in [0.25, 0.3) is 0 Å². The van der Waals surface area contributed by atoms with Crippen LogP contribution in [0.5, 0.6) is 0 Å². The minimum atomic E-state index is -0.147. The molecule has 2 aliphatic heterocycles. The average Bonchev–Trinajstić information content (AvgIpc) is 3.25. The first kappa shape index (κ1) is 15.3. The molecule has 5 nitrogen and oxygen atoms in total. The second-order valence-electron chi connectivity index (χ2n) is 6.53. The van der Waals surface area contributed by atoms with Crippen LogP contribution < -0.4 is 0 Å². The van der Waals surface area contributed by atoms with Crippen molar-refractivity contribution in [2.45, 2.75) is 37.6 Å². The van der Waals surface area contributed by atoms with Crippen LogP contribution in [-0.4, -0.2) is 52.7 Å². The molecule has 0 N–H and O–H groups in total. The maximum absolute atomic E-state index is 6.47. The van der Waals surface area contributed by atoms with Crippen molar-refractivity contribution in [2.75, 3.05) is 26.3 Å². The summed E-state index contributed by atoms with van der Waals surface area (Å²) in [6, 6.07) is 6.29. The highest BCUT2D eigenvalue weighted by Crippen LogP contribution is 2.34. The van der Waals surface area contributed by atoms with Crippen molar-refractivity contribution >= 4 is 11.3 Å². The molecule has 2 aromatic rings. The zero-order valence-electron chi connectivity index (χ0n) is 13.3. The Balaban J connectivity index is 1.40. The summed E-state index contributed by atoms with van der Waals surface area (Å²) in [6.07, 6.45) is 6.21. The molecule has 2 fully saturated rings. The fourth-order valence-electron chi connectivity index (χ4n) is 3.61. The molecule has 0 bridgehead atoms. The number of thiophene rings is 1. The monoisotopic (exact) mass is 333 g/mol. The number of hydrogen-bond acceptors (Lipinski definition) is 5. The van der Waals surface area contributed by atoms with Gasteiger partial charge in [0.25, 0.3) is 0 Å². The number of ether oxygens (including phenoxy) is 2.